The lowest BCUT2D eigenvalue weighted by Crippen LogP contribution is -2.25. The fourth-order valence-electron chi connectivity index (χ4n) is 3.02. The van der Waals surface area contributed by atoms with Gasteiger partial charge in [0.15, 0.2) is 5.82 Å². The molecule has 1 aliphatic heterocycles. The number of likely N-dealkylation sites (tertiary alicyclic amines) is 1. The molecule has 0 saturated carbocycles. The minimum Gasteiger partial charge on any atom is -0.380 e. The Labute approximate surface area is 142 Å². The zero-order valence-corrected chi connectivity index (χ0v) is 15.4. The van der Waals surface area contributed by atoms with Crippen molar-refractivity contribution in [2.45, 2.75) is 65.1 Å². The highest BCUT2D eigenvalue weighted by Crippen LogP contribution is 2.33. The second-order valence-corrected chi connectivity index (χ2v) is 7.63. The van der Waals surface area contributed by atoms with Crippen molar-refractivity contribution < 1.29 is 9.26 Å². The second kappa shape index (κ2) is 6.29. The van der Waals surface area contributed by atoms with Gasteiger partial charge in [0.05, 0.1) is 24.4 Å². The van der Waals surface area contributed by atoms with E-state index in [1.165, 1.54) is 0 Å². The van der Waals surface area contributed by atoms with Gasteiger partial charge in [-0.3, -0.25) is 4.90 Å². The first-order valence-electron chi connectivity index (χ1n) is 8.41. The van der Waals surface area contributed by atoms with Crippen LogP contribution in [0.3, 0.4) is 0 Å². The molecule has 2 atom stereocenters. The Bertz CT molecular complexity index is 681. The molecule has 7 heteroatoms. The number of hydrogen-bond acceptors (Lipinski definition) is 6. The Kier molecular flexibility index (Phi) is 4.48. The first-order valence-corrected chi connectivity index (χ1v) is 8.41. The lowest BCUT2D eigenvalue weighted by Gasteiger charge is -2.20. The van der Waals surface area contributed by atoms with E-state index in [9.17, 15) is 0 Å². The maximum atomic E-state index is 5.58. The van der Waals surface area contributed by atoms with Crippen LogP contribution in [0.25, 0.3) is 0 Å². The molecular formula is C17H27N5O2. The number of aromatic amines is 1. The number of aromatic nitrogens is 4. The van der Waals surface area contributed by atoms with Crippen LogP contribution in [-0.4, -0.2) is 44.8 Å². The van der Waals surface area contributed by atoms with Crippen molar-refractivity contribution in [3.05, 3.63) is 28.9 Å². The zero-order chi connectivity index (χ0) is 17.5. The fourth-order valence-corrected chi connectivity index (χ4v) is 3.02. The van der Waals surface area contributed by atoms with E-state index in [-0.39, 0.29) is 17.6 Å². The van der Waals surface area contributed by atoms with Crippen LogP contribution in [0.2, 0.25) is 0 Å². The molecule has 1 N–H and O–H groups in total. The van der Waals surface area contributed by atoms with Crippen molar-refractivity contribution in [3.63, 3.8) is 0 Å². The van der Waals surface area contributed by atoms with Gasteiger partial charge < -0.3 is 14.2 Å². The zero-order valence-electron chi connectivity index (χ0n) is 15.4. The van der Waals surface area contributed by atoms with E-state index in [2.05, 4.69) is 45.8 Å². The van der Waals surface area contributed by atoms with Crippen LogP contribution < -0.4 is 0 Å². The minimum absolute atomic E-state index is 0.115. The number of hydrogen-bond donors (Lipinski definition) is 1. The summed E-state index contributed by atoms with van der Waals surface area (Å²) in [6, 6.07) is 0.173. The molecule has 0 spiro atoms. The predicted octanol–water partition coefficient (Wildman–Crippen LogP) is 2.67. The molecule has 3 heterocycles. The van der Waals surface area contributed by atoms with E-state index >= 15 is 0 Å². The number of H-pyrrole nitrogens is 1. The molecule has 0 aromatic carbocycles. The molecule has 24 heavy (non-hydrogen) atoms. The molecule has 1 saturated heterocycles. The first-order chi connectivity index (χ1) is 11.3. The van der Waals surface area contributed by atoms with Gasteiger partial charge in [-0.1, -0.05) is 25.9 Å². The monoisotopic (exact) mass is 333 g/mol. The largest absolute Gasteiger partial charge is 0.380 e. The van der Waals surface area contributed by atoms with Gasteiger partial charge in [-0.15, -0.1) is 0 Å². The number of aryl methyl sites for hydroxylation is 2. The van der Waals surface area contributed by atoms with Crippen LogP contribution in [-0.2, 0) is 16.7 Å². The lowest BCUT2D eigenvalue weighted by atomic mass is 9.96. The third kappa shape index (κ3) is 3.37. The molecule has 0 bridgehead atoms. The summed E-state index contributed by atoms with van der Waals surface area (Å²) in [5.74, 6) is 2.36. The third-order valence-electron chi connectivity index (χ3n) is 4.64. The van der Waals surface area contributed by atoms with E-state index < -0.39 is 0 Å². The van der Waals surface area contributed by atoms with Gasteiger partial charge in [0.2, 0.25) is 5.89 Å². The van der Waals surface area contributed by atoms with Gasteiger partial charge in [-0.2, -0.15) is 4.98 Å². The fraction of sp³-hybridized carbons (Fsp3) is 0.706. The molecular weight excluding hydrogens is 306 g/mol. The Morgan fingerprint density at radius 3 is 2.58 bits per heavy atom. The van der Waals surface area contributed by atoms with Crippen molar-refractivity contribution in [1.29, 1.82) is 0 Å². The Hall–Kier alpha value is -1.73. The van der Waals surface area contributed by atoms with E-state index in [1.807, 2.05) is 13.8 Å². The van der Waals surface area contributed by atoms with Crippen molar-refractivity contribution in [3.8, 4) is 0 Å². The highest BCUT2D eigenvalue weighted by Gasteiger charge is 2.36. The summed E-state index contributed by atoms with van der Waals surface area (Å²) < 4.78 is 11.0. The van der Waals surface area contributed by atoms with Gasteiger partial charge in [-0.25, -0.2) is 4.98 Å². The van der Waals surface area contributed by atoms with E-state index in [0.29, 0.717) is 12.4 Å². The van der Waals surface area contributed by atoms with E-state index in [0.717, 1.165) is 36.0 Å². The molecule has 132 valence electrons. The number of rotatable bonds is 4. The van der Waals surface area contributed by atoms with E-state index in [1.54, 1.807) is 7.11 Å². The molecule has 3 rings (SSSR count). The summed E-state index contributed by atoms with van der Waals surface area (Å²) in [6.45, 7) is 11.7. The molecule has 0 unspecified atom stereocenters. The van der Waals surface area contributed by atoms with Crippen LogP contribution >= 0.6 is 0 Å². The standard InChI is InChI=1S/C17H27N5O2/c1-10-11(2)19-15(18-10)13-7-12(23-6)8-22(13)9-14-20-16(21-24-14)17(3,4)5/h12-13H,7-9H2,1-6H3,(H,18,19)/t12-,13+/m1/s1. The van der Waals surface area contributed by atoms with Crippen LogP contribution in [0, 0.1) is 13.8 Å². The molecule has 0 aliphatic carbocycles. The smallest absolute Gasteiger partial charge is 0.240 e. The summed E-state index contributed by atoms with van der Waals surface area (Å²) in [5.41, 5.74) is 2.04. The Morgan fingerprint density at radius 1 is 1.29 bits per heavy atom. The topological polar surface area (TPSA) is 80.1 Å². The molecule has 7 nitrogen and oxygen atoms in total. The Balaban J connectivity index is 1.80. The normalized spacial score (nSPS) is 22.4. The highest BCUT2D eigenvalue weighted by atomic mass is 16.5. The second-order valence-electron chi connectivity index (χ2n) is 7.63. The number of nitrogens with one attached hydrogen (secondary N) is 1. The number of ether oxygens (including phenoxy) is 1. The predicted molar refractivity (Wildman–Crippen MR) is 89.6 cm³/mol. The highest BCUT2D eigenvalue weighted by molar-refractivity contribution is 5.14. The number of imidazole rings is 1. The number of nitrogens with zero attached hydrogens (tertiary/aromatic N) is 4. The quantitative estimate of drug-likeness (QED) is 0.926. The first kappa shape index (κ1) is 17.1. The van der Waals surface area contributed by atoms with Crippen LogP contribution in [0.15, 0.2) is 4.52 Å². The van der Waals surface area contributed by atoms with Gasteiger partial charge in [0.25, 0.3) is 0 Å². The van der Waals surface area contributed by atoms with E-state index in [4.69, 9.17) is 9.26 Å². The molecule has 1 aliphatic rings. The van der Waals surface area contributed by atoms with Gasteiger partial charge >= 0.3 is 0 Å². The van der Waals surface area contributed by atoms with Crippen molar-refractivity contribution >= 4 is 0 Å². The summed E-state index contributed by atoms with van der Waals surface area (Å²) in [7, 11) is 1.76. The number of methoxy groups -OCH3 is 1. The molecule has 1 fully saturated rings. The molecule has 2 aromatic heterocycles. The maximum Gasteiger partial charge on any atom is 0.240 e. The maximum absolute atomic E-state index is 5.58. The van der Waals surface area contributed by atoms with Crippen LogP contribution in [0.5, 0.6) is 0 Å². The van der Waals surface area contributed by atoms with Gasteiger partial charge in [0, 0.05) is 24.8 Å². The summed E-state index contributed by atoms with van der Waals surface area (Å²) in [4.78, 5) is 14.9. The minimum atomic E-state index is -0.115. The average molecular weight is 333 g/mol. The summed E-state index contributed by atoms with van der Waals surface area (Å²) in [6.07, 6.45) is 1.09. The molecule has 0 radical (unpaired) electrons. The third-order valence-corrected chi connectivity index (χ3v) is 4.64. The van der Waals surface area contributed by atoms with Gasteiger partial charge in [-0.05, 0) is 20.3 Å². The summed E-state index contributed by atoms with van der Waals surface area (Å²) >= 11 is 0. The van der Waals surface area contributed by atoms with Crippen molar-refractivity contribution in [1.82, 2.24) is 25.0 Å². The average Bonchev–Trinajstić information content (AvgIpc) is 3.19. The van der Waals surface area contributed by atoms with Crippen LogP contribution in [0.4, 0.5) is 0 Å². The summed E-state index contributed by atoms with van der Waals surface area (Å²) in [5, 5.41) is 4.12. The lowest BCUT2D eigenvalue weighted by molar-refractivity contribution is 0.105. The SMILES string of the molecule is CO[C@@H]1C[C@@H](c2nc(C)c(C)[nH]2)N(Cc2nc(C(C)(C)C)no2)C1. The van der Waals surface area contributed by atoms with Crippen molar-refractivity contribution in [2.75, 3.05) is 13.7 Å². The molecule has 0 amide bonds. The van der Waals surface area contributed by atoms with Crippen LogP contribution in [0.1, 0.15) is 62.2 Å². The molecule has 2 aromatic rings. The Morgan fingerprint density at radius 2 is 2.04 bits per heavy atom. The van der Waals surface area contributed by atoms with Crippen molar-refractivity contribution in [2.24, 2.45) is 0 Å². The van der Waals surface area contributed by atoms with Gasteiger partial charge in [0.1, 0.15) is 5.82 Å².